The van der Waals surface area contributed by atoms with Crippen molar-refractivity contribution in [2.24, 2.45) is 5.92 Å². The molecule has 9 heteroatoms. The highest BCUT2D eigenvalue weighted by atomic mass is 32.2. The molecule has 0 saturated carbocycles. The van der Waals surface area contributed by atoms with Gasteiger partial charge in [-0.3, -0.25) is 4.79 Å². The summed E-state index contributed by atoms with van der Waals surface area (Å²) >= 11 is 0. The molecule has 34 heavy (non-hydrogen) atoms. The Bertz CT molecular complexity index is 1200. The van der Waals surface area contributed by atoms with Crippen LogP contribution in [-0.2, 0) is 14.8 Å². The molecule has 1 fully saturated rings. The molecule has 2 aromatic carbocycles. The van der Waals surface area contributed by atoms with Crippen molar-refractivity contribution in [3.8, 4) is 5.69 Å². The van der Waals surface area contributed by atoms with E-state index in [4.69, 9.17) is 0 Å². The van der Waals surface area contributed by atoms with Gasteiger partial charge in [0, 0.05) is 19.0 Å². The largest absolute Gasteiger partial charge is 0.349 e. The zero-order valence-electron chi connectivity index (χ0n) is 19.8. The van der Waals surface area contributed by atoms with Gasteiger partial charge in [-0.25, -0.2) is 18.1 Å². The minimum atomic E-state index is -3.55. The van der Waals surface area contributed by atoms with Crippen molar-refractivity contribution in [2.75, 3.05) is 13.1 Å². The molecule has 1 atom stereocenters. The van der Waals surface area contributed by atoms with Crippen LogP contribution in [0.5, 0.6) is 0 Å². The van der Waals surface area contributed by atoms with Crippen LogP contribution in [0.4, 0.5) is 0 Å². The Balaban J connectivity index is 1.32. The maximum atomic E-state index is 13.0. The second-order valence-corrected chi connectivity index (χ2v) is 11.0. The van der Waals surface area contributed by atoms with Crippen molar-refractivity contribution >= 4 is 15.9 Å². The first-order valence-electron chi connectivity index (χ1n) is 11.6. The Labute approximate surface area is 201 Å². The lowest BCUT2D eigenvalue weighted by atomic mass is 9.96. The maximum Gasteiger partial charge on any atom is 0.243 e. The monoisotopic (exact) mass is 481 g/mol. The van der Waals surface area contributed by atoms with Crippen LogP contribution in [0.25, 0.3) is 5.69 Å². The second-order valence-electron chi connectivity index (χ2n) is 9.06. The number of hydrogen-bond acceptors (Lipinski definition) is 5. The van der Waals surface area contributed by atoms with Crippen LogP contribution in [0.15, 0.2) is 66.1 Å². The van der Waals surface area contributed by atoms with E-state index in [2.05, 4.69) is 29.2 Å². The number of nitrogens with one attached hydrogen (secondary N) is 1. The van der Waals surface area contributed by atoms with Gasteiger partial charge in [0.25, 0.3) is 0 Å². The fraction of sp³-hybridized carbons (Fsp3) is 0.400. The number of hydrogen-bond donors (Lipinski definition) is 1. The van der Waals surface area contributed by atoms with E-state index in [1.54, 1.807) is 23.1 Å². The van der Waals surface area contributed by atoms with Gasteiger partial charge in [-0.1, -0.05) is 38.1 Å². The molecule has 180 valence electrons. The summed E-state index contributed by atoms with van der Waals surface area (Å²) in [5.41, 5.74) is 2.99. The molecule has 1 saturated heterocycles. The van der Waals surface area contributed by atoms with E-state index in [9.17, 15) is 13.2 Å². The maximum absolute atomic E-state index is 13.0. The van der Waals surface area contributed by atoms with E-state index in [0.717, 1.165) is 16.8 Å². The first-order valence-corrected chi connectivity index (χ1v) is 13.0. The van der Waals surface area contributed by atoms with E-state index < -0.39 is 10.0 Å². The minimum Gasteiger partial charge on any atom is -0.349 e. The highest BCUT2D eigenvalue weighted by Gasteiger charge is 2.32. The molecule has 4 rings (SSSR count). The molecule has 1 aromatic heterocycles. The Morgan fingerprint density at radius 1 is 0.971 bits per heavy atom. The smallest absolute Gasteiger partial charge is 0.243 e. The highest BCUT2D eigenvalue weighted by Crippen LogP contribution is 2.26. The van der Waals surface area contributed by atoms with Crippen LogP contribution in [0.2, 0.25) is 0 Å². The van der Waals surface area contributed by atoms with Crippen molar-refractivity contribution in [3.05, 3.63) is 72.3 Å². The van der Waals surface area contributed by atoms with Crippen LogP contribution in [0.1, 0.15) is 56.7 Å². The standard InChI is InChI=1S/C25H31N5O3S/c1-18(2)20-6-10-24(11-7-20)34(32,33)29-14-12-22(13-15-29)25(31)28-19(3)21-4-8-23(9-5-21)30-17-26-16-27-30/h4-11,16-19,22H,12-15H2,1-3H3,(H,28,31). The van der Waals surface area contributed by atoms with Crippen molar-refractivity contribution < 1.29 is 13.2 Å². The van der Waals surface area contributed by atoms with Crippen LogP contribution < -0.4 is 5.32 Å². The topological polar surface area (TPSA) is 97.2 Å². The Morgan fingerprint density at radius 3 is 2.15 bits per heavy atom. The van der Waals surface area contributed by atoms with Gasteiger partial charge in [0.05, 0.1) is 16.6 Å². The summed E-state index contributed by atoms with van der Waals surface area (Å²) < 4.78 is 29.2. The fourth-order valence-electron chi connectivity index (χ4n) is 4.20. The molecular formula is C25H31N5O3S. The molecule has 0 spiro atoms. The Kier molecular flexibility index (Phi) is 7.13. The molecule has 3 aromatic rings. The number of benzene rings is 2. The van der Waals surface area contributed by atoms with E-state index in [-0.39, 0.29) is 17.9 Å². The Morgan fingerprint density at radius 2 is 1.59 bits per heavy atom. The summed E-state index contributed by atoms with van der Waals surface area (Å²) in [6.07, 6.45) is 4.13. The van der Waals surface area contributed by atoms with Gasteiger partial charge in [-0.05, 0) is 61.1 Å². The number of nitrogens with zero attached hydrogens (tertiary/aromatic N) is 4. The van der Waals surface area contributed by atoms with Crippen LogP contribution in [-0.4, -0.2) is 46.5 Å². The van der Waals surface area contributed by atoms with E-state index in [1.807, 2.05) is 43.3 Å². The summed E-state index contributed by atoms with van der Waals surface area (Å²) in [6.45, 7) is 6.78. The molecule has 1 unspecified atom stereocenters. The summed E-state index contributed by atoms with van der Waals surface area (Å²) in [7, 11) is -3.55. The van der Waals surface area contributed by atoms with Gasteiger partial charge in [-0.2, -0.15) is 9.40 Å². The van der Waals surface area contributed by atoms with Crippen molar-refractivity contribution in [3.63, 3.8) is 0 Å². The third kappa shape index (κ3) is 5.20. The molecule has 1 amide bonds. The van der Waals surface area contributed by atoms with E-state index in [1.165, 1.54) is 10.6 Å². The summed E-state index contributed by atoms with van der Waals surface area (Å²) in [4.78, 5) is 17.1. The first-order chi connectivity index (χ1) is 16.3. The molecule has 0 radical (unpaired) electrons. The van der Waals surface area contributed by atoms with Gasteiger partial charge in [0.1, 0.15) is 12.7 Å². The molecule has 1 aliphatic heterocycles. The van der Waals surface area contributed by atoms with Gasteiger partial charge in [-0.15, -0.1) is 0 Å². The van der Waals surface area contributed by atoms with E-state index >= 15 is 0 Å². The molecule has 1 aliphatic rings. The number of carbonyl (C=O) groups excluding carboxylic acids is 1. The summed E-state index contributed by atoms with van der Waals surface area (Å²) in [5, 5.41) is 7.19. The zero-order chi connectivity index (χ0) is 24.3. The lowest BCUT2D eigenvalue weighted by Gasteiger charge is -2.31. The lowest BCUT2D eigenvalue weighted by molar-refractivity contribution is -0.126. The van der Waals surface area contributed by atoms with Crippen molar-refractivity contribution in [2.45, 2.75) is 50.5 Å². The van der Waals surface area contributed by atoms with Gasteiger partial charge in [0.2, 0.25) is 15.9 Å². The average Bonchev–Trinajstić information content (AvgIpc) is 3.39. The fourth-order valence-corrected chi connectivity index (χ4v) is 5.67. The normalized spacial score (nSPS) is 16.5. The SMILES string of the molecule is CC(C)c1ccc(S(=O)(=O)N2CCC(C(=O)NC(C)c3ccc(-n4cncn4)cc3)CC2)cc1. The van der Waals surface area contributed by atoms with E-state index in [0.29, 0.717) is 36.7 Å². The van der Waals surface area contributed by atoms with Crippen LogP contribution >= 0.6 is 0 Å². The second kappa shape index (κ2) is 10.1. The third-order valence-electron chi connectivity index (χ3n) is 6.44. The van der Waals surface area contributed by atoms with Crippen LogP contribution in [0.3, 0.4) is 0 Å². The van der Waals surface area contributed by atoms with Gasteiger partial charge in [0.15, 0.2) is 0 Å². The lowest BCUT2D eigenvalue weighted by Crippen LogP contribution is -2.43. The number of piperidine rings is 1. The van der Waals surface area contributed by atoms with Crippen molar-refractivity contribution in [1.29, 1.82) is 0 Å². The first kappa shape index (κ1) is 24.1. The van der Waals surface area contributed by atoms with Crippen LogP contribution in [0, 0.1) is 5.92 Å². The number of aromatic nitrogens is 3. The summed E-state index contributed by atoms with van der Waals surface area (Å²) in [5.74, 6) is 0.109. The summed E-state index contributed by atoms with van der Waals surface area (Å²) in [6, 6.07) is 14.7. The quantitative estimate of drug-likeness (QED) is 0.555. The number of amides is 1. The predicted octanol–water partition coefficient (Wildman–Crippen LogP) is 3.67. The number of carbonyl (C=O) groups is 1. The Hall–Kier alpha value is -3.04. The molecule has 2 heterocycles. The molecular weight excluding hydrogens is 450 g/mol. The van der Waals surface area contributed by atoms with Crippen molar-refractivity contribution in [1.82, 2.24) is 24.4 Å². The van der Waals surface area contributed by atoms with Gasteiger partial charge >= 0.3 is 0 Å². The molecule has 0 aliphatic carbocycles. The molecule has 8 nitrogen and oxygen atoms in total. The minimum absolute atomic E-state index is 0.0359. The molecule has 1 N–H and O–H groups in total. The molecule has 0 bridgehead atoms. The average molecular weight is 482 g/mol. The highest BCUT2D eigenvalue weighted by molar-refractivity contribution is 7.89. The number of rotatable bonds is 7. The van der Waals surface area contributed by atoms with Gasteiger partial charge < -0.3 is 5.32 Å². The zero-order valence-corrected chi connectivity index (χ0v) is 20.6. The third-order valence-corrected chi connectivity index (χ3v) is 8.36. The predicted molar refractivity (Wildman–Crippen MR) is 130 cm³/mol. The number of sulfonamides is 1.